The van der Waals surface area contributed by atoms with E-state index in [9.17, 15) is 4.79 Å². The maximum Gasteiger partial charge on any atom is 0.328 e. The molecule has 0 saturated heterocycles. The van der Waals surface area contributed by atoms with Crippen LogP contribution in [0.1, 0.15) is 5.56 Å². The van der Waals surface area contributed by atoms with E-state index in [0.717, 1.165) is 16.1 Å². The van der Waals surface area contributed by atoms with Gasteiger partial charge in [-0.15, -0.1) is 0 Å². The Morgan fingerprint density at radius 2 is 2.38 bits per heavy atom. The van der Waals surface area contributed by atoms with Gasteiger partial charge in [-0.2, -0.15) is 0 Å². The summed E-state index contributed by atoms with van der Waals surface area (Å²) in [6.07, 6.45) is 2.96. The largest absolute Gasteiger partial charge is 0.484 e. The normalized spacial score (nSPS) is 18.5. The second kappa shape index (κ2) is 4.47. The highest BCUT2D eigenvalue weighted by molar-refractivity contribution is 9.10. The monoisotopic (exact) mass is 302 g/mol. The Morgan fingerprint density at radius 3 is 3.00 bits per heavy atom. The molecule has 2 rings (SSSR count). The first-order valence-corrected chi connectivity index (χ1v) is 5.79. The van der Waals surface area contributed by atoms with Crippen molar-refractivity contribution in [3.8, 4) is 5.75 Å². The Hall–Kier alpha value is -1.00. The highest BCUT2D eigenvalue weighted by Crippen LogP contribution is 2.40. The predicted octanol–water partition coefficient (Wildman–Crippen LogP) is 3.05. The van der Waals surface area contributed by atoms with Gasteiger partial charge in [-0.1, -0.05) is 27.5 Å². The number of ether oxygens (including phenoxy) is 1. The summed E-state index contributed by atoms with van der Waals surface area (Å²) in [5, 5.41) is 9.07. The molecule has 0 amide bonds. The number of aliphatic carboxylic acids is 1. The van der Waals surface area contributed by atoms with Gasteiger partial charge < -0.3 is 9.84 Å². The van der Waals surface area contributed by atoms with Crippen molar-refractivity contribution >= 4 is 33.5 Å². The second-order valence-electron chi connectivity index (χ2n) is 3.39. The molecule has 1 unspecified atom stereocenters. The van der Waals surface area contributed by atoms with Crippen LogP contribution >= 0.6 is 27.5 Å². The van der Waals surface area contributed by atoms with E-state index in [1.54, 1.807) is 6.07 Å². The van der Waals surface area contributed by atoms with E-state index in [-0.39, 0.29) is 6.10 Å². The Bertz CT molecular complexity index is 440. The molecule has 0 saturated carbocycles. The lowest BCUT2D eigenvalue weighted by atomic mass is 10.1. The molecule has 0 aromatic heterocycles. The van der Waals surface area contributed by atoms with Crippen LogP contribution in [0.15, 0.2) is 28.8 Å². The standard InChI is InChI=1S/C11H8BrClO3/c12-8-2-3-9(13)11-7(8)5-6(16-11)1-4-10(14)15/h1-4,6H,5H2,(H,14,15)/b4-1+. The van der Waals surface area contributed by atoms with E-state index in [1.807, 2.05) is 6.07 Å². The van der Waals surface area contributed by atoms with Crippen LogP contribution in [0.25, 0.3) is 0 Å². The van der Waals surface area contributed by atoms with Crippen molar-refractivity contribution in [2.45, 2.75) is 12.5 Å². The molecule has 16 heavy (non-hydrogen) atoms. The Kier molecular flexibility index (Phi) is 3.21. The first-order valence-electron chi connectivity index (χ1n) is 4.62. The van der Waals surface area contributed by atoms with Gasteiger partial charge in [0.05, 0.1) is 5.02 Å². The van der Waals surface area contributed by atoms with Gasteiger partial charge in [0.25, 0.3) is 0 Å². The highest BCUT2D eigenvalue weighted by Gasteiger charge is 2.25. The maximum atomic E-state index is 10.4. The third-order valence-corrected chi connectivity index (χ3v) is 3.32. The van der Waals surface area contributed by atoms with Crippen LogP contribution < -0.4 is 4.74 Å². The smallest absolute Gasteiger partial charge is 0.328 e. The van der Waals surface area contributed by atoms with Gasteiger partial charge in [-0.05, 0) is 18.2 Å². The Balaban J connectivity index is 2.24. The number of halogens is 2. The average Bonchev–Trinajstić information content (AvgIpc) is 2.66. The van der Waals surface area contributed by atoms with Crippen molar-refractivity contribution in [3.05, 3.63) is 39.3 Å². The quantitative estimate of drug-likeness (QED) is 0.854. The van der Waals surface area contributed by atoms with Crippen molar-refractivity contribution in [1.82, 2.24) is 0 Å². The van der Waals surface area contributed by atoms with Crippen LogP contribution in [0.3, 0.4) is 0 Å². The lowest BCUT2D eigenvalue weighted by Gasteiger charge is -2.05. The number of carbonyl (C=O) groups is 1. The van der Waals surface area contributed by atoms with Crippen LogP contribution in [-0.2, 0) is 11.2 Å². The van der Waals surface area contributed by atoms with Crippen LogP contribution in [0.2, 0.25) is 5.02 Å². The number of fused-ring (bicyclic) bond motifs is 1. The summed E-state index contributed by atoms with van der Waals surface area (Å²) in [4.78, 5) is 10.4. The van der Waals surface area contributed by atoms with E-state index >= 15 is 0 Å². The zero-order valence-electron chi connectivity index (χ0n) is 8.11. The molecule has 1 aromatic carbocycles. The lowest BCUT2D eigenvalue weighted by Crippen LogP contribution is -2.09. The lowest BCUT2D eigenvalue weighted by molar-refractivity contribution is -0.131. The molecule has 0 spiro atoms. The minimum atomic E-state index is -0.982. The van der Waals surface area contributed by atoms with Crippen LogP contribution in [0.5, 0.6) is 5.75 Å². The van der Waals surface area contributed by atoms with E-state index in [4.69, 9.17) is 21.4 Å². The summed E-state index contributed by atoms with van der Waals surface area (Å²) in [6.45, 7) is 0. The average molecular weight is 304 g/mol. The molecule has 0 aliphatic carbocycles. The van der Waals surface area contributed by atoms with Crippen molar-refractivity contribution in [1.29, 1.82) is 0 Å². The van der Waals surface area contributed by atoms with Crippen molar-refractivity contribution in [3.63, 3.8) is 0 Å². The molecule has 1 heterocycles. The Morgan fingerprint density at radius 1 is 1.62 bits per heavy atom. The van der Waals surface area contributed by atoms with Gasteiger partial charge in [0.15, 0.2) is 0 Å². The molecule has 1 N–H and O–H groups in total. The van der Waals surface area contributed by atoms with Gasteiger partial charge in [0.2, 0.25) is 0 Å². The summed E-state index contributed by atoms with van der Waals surface area (Å²) in [5.41, 5.74) is 0.979. The van der Waals surface area contributed by atoms with E-state index in [1.165, 1.54) is 6.08 Å². The third kappa shape index (κ3) is 2.23. The first kappa shape index (κ1) is 11.5. The Labute approximate surface area is 106 Å². The fourth-order valence-electron chi connectivity index (χ4n) is 1.58. The molecule has 84 valence electrons. The minimum absolute atomic E-state index is 0.262. The van der Waals surface area contributed by atoms with E-state index in [0.29, 0.717) is 17.2 Å². The molecule has 1 atom stereocenters. The molecule has 1 aliphatic rings. The zero-order chi connectivity index (χ0) is 11.7. The van der Waals surface area contributed by atoms with Gasteiger partial charge in [0, 0.05) is 22.5 Å². The molecular formula is C11H8BrClO3. The summed E-state index contributed by atoms with van der Waals surface area (Å²) in [5.74, 6) is -0.346. The van der Waals surface area contributed by atoms with E-state index in [2.05, 4.69) is 15.9 Å². The summed E-state index contributed by atoms with van der Waals surface area (Å²) in [7, 11) is 0. The molecule has 5 heteroatoms. The van der Waals surface area contributed by atoms with Crippen molar-refractivity contribution in [2.75, 3.05) is 0 Å². The van der Waals surface area contributed by atoms with Gasteiger partial charge in [0.1, 0.15) is 11.9 Å². The number of hydrogen-bond acceptors (Lipinski definition) is 2. The summed E-state index contributed by atoms with van der Waals surface area (Å²) >= 11 is 9.39. The number of hydrogen-bond donors (Lipinski definition) is 1. The molecule has 0 radical (unpaired) electrons. The molecule has 3 nitrogen and oxygen atoms in total. The van der Waals surface area contributed by atoms with E-state index < -0.39 is 5.97 Å². The van der Waals surface area contributed by atoms with Crippen LogP contribution in [-0.4, -0.2) is 17.2 Å². The highest BCUT2D eigenvalue weighted by atomic mass is 79.9. The first-order chi connectivity index (χ1) is 7.58. The van der Waals surface area contributed by atoms with Crippen LogP contribution in [0.4, 0.5) is 0 Å². The van der Waals surface area contributed by atoms with Crippen molar-refractivity contribution < 1.29 is 14.6 Å². The summed E-state index contributed by atoms with van der Waals surface area (Å²) in [6, 6.07) is 3.60. The minimum Gasteiger partial charge on any atom is -0.484 e. The fourth-order valence-corrected chi connectivity index (χ4v) is 2.28. The number of benzene rings is 1. The third-order valence-electron chi connectivity index (χ3n) is 2.28. The predicted molar refractivity (Wildman–Crippen MR) is 64.0 cm³/mol. The topological polar surface area (TPSA) is 46.5 Å². The zero-order valence-corrected chi connectivity index (χ0v) is 10.5. The van der Waals surface area contributed by atoms with Gasteiger partial charge in [-0.3, -0.25) is 0 Å². The maximum absolute atomic E-state index is 10.4. The second-order valence-corrected chi connectivity index (χ2v) is 4.66. The molecule has 0 fully saturated rings. The SMILES string of the molecule is O=C(O)/C=C/C1Cc2c(Br)ccc(Cl)c2O1. The number of rotatable bonds is 2. The summed E-state index contributed by atoms with van der Waals surface area (Å²) < 4.78 is 6.49. The molecular weight excluding hydrogens is 295 g/mol. The van der Waals surface area contributed by atoms with Crippen molar-refractivity contribution in [2.24, 2.45) is 0 Å². The molecule has 1 aromatic rings. The molecule has 1 aliphatic heterocycles. The van der Waals surface area contributed by atoms with Crippen LogP contribution in [0, 0.1) is 0 Å². The fraction of sp³-hybridized carbons (Fsp3) is 0.182. The number of carboxylic acid groups (broad SMARTS) is 1. The van der Waals surface area contributed by atoms with Gasteiger partial charge in [-0.25, -0.2) is 4.79 Å². The number of carboxylic acids is 1. The molecule has 0 bridgehead atoms. The van der Waals surface area contributed by atoms with Gasteiger partial charge >= 0.3 is 5.97 Å².